The van der Waals surface area contributed by atoms with E-state index in [0.717, 1.165) is 12.8 Å². The van der Waals surface area contributed by atoms with Gasteiger partial charge < -0.3 is 10.0 Å². The summed E-state index contributed by atoms with van der Waals surface area (Å²) in [5.74, 6) is -1.23. The number of carboxylic acid groups (broad SMARTS) is 1. The van der Waals surface area contributed by atoms with Crippen LogP contribution in [0.4, 0.5) is 11.5 Å². The standard InChI is InChI=1S/C13H14N4O4/c1-8-3-2-6-16(10(8)13(18)19)12-11(17(20)21)9(7-14)4-5-15-12/h4-5,8,10H,2-3,6H2,1H3,(H,18,19). The Balaban J connectivity index is 2.57. The largest absolute Gasteiger partial charge is 0.480 e. The maximum absolute atomic E-state index is 11.5. The molecular formula is C13H14N4O4. The maximum Gasteiger partial charge on any atom is 0.329 e. The van der Waals surface area contributed by atoms with Gasteiger partial charge in [0.05, 0.1) is 4.92 Å². The molecule has 21 heavy (non-hydrogen) atoms. The number of hydrogen-bond donors (Lipinski definition) is 1. The number of hydrogen-bond acceptors (Lipinski definition) is 6. The third-order valence-corrected chi connectivity index (χ3v) is 3.67. The fourth-order valence-electron chi connectivity index (χ4n) is 2.73. The van der Waals surface area contributed by atoms with Gasteiger partial charge in [-0.2, -0.15) is 5.26 Å². The van der Waals surface area contributed by atoms with Gasteiger partial charge in [-0.15, -0.1) is 0 Å². The smallest absolute Gasteiger partial charge is 0.329 e. The number of anilines is 1. The zero-order valence-electron chi connectivity index (χ0n) is 11.4. The highest BCUT2D eigenvalue weighted by molar-refractivity contribution is 5.80. The van der Waals surface area contributed by atoms with Gasteiger partial charge in [-0.05, 0) is 24.8 Å². The number of aromatic nitrogens is 1. The Morgan fingerprint density at radius 1 is 1.67 bits per heavy atom. The third kappa shape index (κ3) is 2.63. The number of pyridine rings is 1. The van der Waals surface area contributed by atoms with Crippen LogP contribution in [0, 0.1) is 27.4 Å². The molecule has 1 fully saturated rings. The van der Waals surface area contributed by atoms with E-state index in [-0.39, 0.29) is 17.3 Å². The number of nitrogens with zero attached hydrogens (tertiary/aromatic N) is 4. The average molecular weight is 290 g/mol. The molecule has 0 aromatic carbocycles. The first-order valence-electron chi connectivity index (χ1n) is 6.50. The summed E-state index contributed by atoms with van der Waals surface area (Å²) in [6.07, 6.45) is 2.75. The van der Waals surface area contributed by atoms with Crippen LogP contribution in [-0.4, -0.2) is 33.6 Å². The van der Waals surface area contributed by atoms with Gasteiger partial charge in [-0.25, -0.2) is 9.78 Å². The molecule has 1 aromatic heterocycles. The summed E-state index contributed by atoms with van der Waals surface area (Å²) in [7, 11) is 0. The van der Waals surface area contributed by atoms with Crippen LogP contribution in [-0.2, 0) is 4.79 Å². The second-order valence-corrected chi connectivity index (χ2v) is 5.00. The summed E-state index contributed by atoms with van der Waals surface area (Å²) in [5.41, 5.74) is -0.548. The Kier molecular flexibility index (Phi) is 4.03. The summed E-state index contributed by atoms with van der Waals surface area (Å²) in [6.45, 7) is 2.16. The molecular weight excluding hydrogens is 276 g/mol. The second kappa shape index (κ2) is 5.75. The van der Waals surface area contributed by atoms with Crippen molar-refractivity contribution in [2.75, 3.05) is 11.4 Å². The topological polar surface area (TPSA) is 120 Å². The Bertz CT molecular complexity index is 625. The van der Waals surface area contributed by atoms with Gasteiger partial charge in [0.2, 0.25) is 5.82 Å². The summed E-state index contributed by atoms with van der Waals surface area (Å²) >= 11 is 0. The molecule has 0 saturated carbocycles. The molecule has 0 amide bonds. The van der Waals surface area contributed by atoms with Crippen molar-refractivity contribution >= 4 is 17.5 Å². The molecule has 8 heteroatoms. The van der Waals surface area contributed by atoms with Crippen molar-refractivity contribution in [3.05, 3.63) is 27.9 Å². The van der Waals surface area contributed by atoms with Crippen LogP contribution in [0.1, 0.15) is 25.3 Å². The fraction of sp³-hybridized carbons (Fsp3) is 0.462. The maximum atomic E-state index is 11.5. The Morgan fingerprint density at radius 2 is 2.38 bits per heavy atom. The van der Waals surface area contributed by atoms with E-state index >= 15 is 0 Å². The minimum absolute atomic E-state index is 0.0435. The van der Waals surface area contributed by atoms with E-state index in [1.54, 1.807) is 13.0 Å². The predicted octanol–water partition coefficient (Wildman–Crippen LogP) is 1.55. The van der Waals surface area contributed by atoms with Crippen molar-refractivity contribution < 1.29 is 14.8 Å². The molecule has 110 valence electrons. The number of nitriles is 1. The van der Waals surface area contributed by atoms with Gasteiger partial charge in [0, 0.05) is 12.7 Å². The van der Waals surface area contributed by atoms with Crippen LogP contribution in [0.25, 0.3) is 0 Å². The van der Waals surface area contributed by atoms with Gasteiger partial charge in [-0.1, -0.05) is 6.92 Å². The Labute approximate surface area is 120 Å². The lowest BCUT2D eigenvalue weighted by Crippen LogP contribution is -2.50. The Morgan fingerprint density at radius 3 is 2.95 bits per heavy atom. The summed E-state index contributed by atoms with van der Waals surface area (Å²) < 4.78 is 0. The molecule has 1 aliphatic heterocycles. The highest BCUT2D eigenvalue weighted by Crippen LogP contribution is 2.35. The first kappa shape index (κ1) is 14.7. The molecule has 1 N–H and O–H groups in total. The van der Waals surface area contributed by atoms with Crippen LogP contribution in [0.3, 0.4) is 0 Å². The molecule has 1 aliphatic rings. The molecule has 1 saturated heterocycles. The van der Waals surface area contributed by atoms with Crippen molar-refractivity contribution in [3.63, 3.8) is 0 Å². The van der Waals surface area contributed by atoms with Crippen molar-refractivity contribution in [1.82, 2.24) is 4.98 Å². The zero-order chi connectivity index (χ0) is 15.6. The van der Waals surface area contributed by atoms with E-state index in [2.05, 4.69) is 4.98 Å². The van der Waals surface area contributed by atoms with Crippen LogP contribution < -0.4 is 4.90 Å². The molecule has 0 radical (unpaired) electrons. The highest BCUT2D eigenvalue weighted by Gasteiger charge is 2.38. The number of aliphatic carboxylic acids is 1. The SMILES string of the molecule is CC1CCCN(c2nccc(C#N)c2[N+](=O)[O-])C1C(=O)O. The lowest BCUT2D eigenvalue weighted by atomic mass is 9.90. The van der Waals surface area contributed by atoms with E-state index in [0.29, 0.717) is 6.54 Å². The summed E-state index contributed by atoms with van der Waals surface area (Å²) in [6, 6.07) is 2.13. The molecule has 0 aliphatic carbocycles. The quantitative estimate of drug-likeness (QED) is 0.662. The van der Waals surface area contributed by atoms with Crippen molar-refractivity contribution in [1.29, 1.82) is 5.26 Å². The molecule has 2 unspecified atom stereocenters. The van der Waals surface area contributed by atoms with Crippen LogP contribution in [0.2, 0.25) is 0 Å². The van der Waals surface area contributed by atoms with Crippen molar-refractivity contribution in [2.45, 2.75) is 25.8 Å². The fourth-order valence-corrected chi connectivity index (χ4v) is 2.73. The number of nitro groups is 1. The first-order valence-corrected chi connectivity index (χ1v) is 6.50. The average Bonchev–Trinajstić information content (AvgIpc) is 2.45. The van der Waals surface area contributed by atoms with Gasteiger partial charge in [0.1, 0.15) is 17.7 Å². The van der Waals surface area contributed by atoms with E-state index < -0.39 is 22.6 Å². The molecule has 2 heterocycles. The van der Waals surface area contributed by atoms with Crippen LogP contribution in [0.15, 0.2) is 12.3 Å². The van der Waals surface area contributed by atoms with Gasteiger partial charge in [0.15, 0.2) is 0 Å². The number of piperidine rings is 1. The van der Waals surface area contributed by atoms with Gasteiger partial charge in [-0.3, -0.25) is 10.1 Å². The minimum Gasteiger partial charge on any atom is -0.480 e. The molecule has 2 rings (SSSR count). The van der Waals surface area contributed by atoms with Crippen LogP contribution >= 0.6 is 0 Å². The second-order valence-electron chi connectivity index (χ2n) is 5.00. The monoisotopic (exact) mass is 290 g/mol. The zero-order valence-corrected chi connectivity index (χ0v) is 11.4. The molecule has 1 aromatic rings. The highest BCUT2D eigenvalue weighted by atomic mass is 16.6. The predicted molar refractivity (Wildman–Crippen MR) is 72.8 cm³/mol. The number of carbonyl (C=O) groups is 1. The Hall–Kier alpha value is -2.69. The number of rotatable bonds is 3. The minimum atomic E-state index is -1.04. The third-order valence-electron chi connectivity index (χ3n) is 3.67. The summed E-state index contributed by atoms with van der Waals surface area (Å²) in [4.78, 5) is 27.4. The molecule has 0 bridgehead atoms. The van der Waals surface area contributed by atoms with Crippen molar-refractivity contribution in [2.24, 2.45) is 5.92 Å². The lowest BCUT2D eigenvalue weighted by Gasteiger charge is -2.37. The molecule has 2 atom stereocenters. The molecule has 8 nitrogen and oxygen atoms in total. The van der Waals surface area contributed by atoms with Gasteiger partial charge in [0.25, 0.3) is 0 Å². The van der Waals surface area contributed by atoms with Crippen LogP contribution in [0.5, 0.6) is 0 Å². The van der Waals surface area contributed by atoms with E-state index in [1.807, 2.05) is 0 Å². The van der Waals surface area contributed by atoms with Gasteiger partial charge >= 0.3 is 11.7 Å². The van der Waals surface area contributed by atoms with E-state index in [1.165, 1.54) is 17.2 Å². The van der Waals surface area contributed by atoms with Crippen molar-refractivity contribution in [3.8, 4) is 6.07 Å². The number of carboxylic acids is 1. The lowest BCUT2D eigenvalue weighted by molar-refractivity contribution is -0.384. The summed E-state index contributed by atoms with van der Waals surface area (Å²) in [5, 5.41) is 29.6. The first-order chi connectivity index (χ1) is 9.97. The van der Waals surface area contributed by atoms with E-state index in [4.69, 9.17) is 5.26 Å². The normalized spacial score (nSPS) is 21.6. The molecule has 0 spiro atoms. The van der Waals surface area contributed by atoms with E-state index in [9.17, 15) is 20.0 Å².